The van der Waals surface area contributed by atoms with Crippen LogP contribution in [0.3, 0.4) is 0 Å². The summed E-state index contributed by atoms with van der Waals surface area (Å²) >= 11 is 8.36. The third-order valence-corrected chi connectivity index (χ3v) is 3.68. The molecule has 1 aromatic rings. The maximum Gasteiger partial charge on any atom is 0.0593 e. The predicted molar refractivity (Wildman–Crippen MR) is 83.9 cm³/mol. The van der Waals surface area contributed by atoms with E-state index < -0.39 is 0 Å². The molecule has 0 bridgehead atoms. The van der Waals surface area contributed by atoms with Crippen molar-refractivity contribution >= 4 is 34.2 Å². The van der Waals surface area contributed by atoms with Crippen molar-refractivity contribution in [2.75, 3.05) is 27.2 Å². The Morgan fingerprint density at radius 2 is 1.76 bits per heavy atom. The third-order valence-electron chi connectivity index (χ3n) is 2.64. The fourth-order valence-electron chi connectivity index (χ4n) is 1.54. The molecule has 0 aliphatic heterocycles. The van der Waals surface area contributed by atoms with Gasteiger partial charge in [0.1, 0.15) is 0 Å². The summed E-state index contributed by atoms with van der Waals surface area (Å²) in [5.74, 6) is 0. The van der Waals surface area contributed by atoms with Gasteiger partial charge in [-0.3, -0.25) is 4.90 Å². The molecule has 1 aromatic carbocycles. The van der Waals surface area contributed by atoms with Crippen molar-refractivity contribution < 1.29 is 0 Å². The van der Waals surface area contributed by atoms with E-state index in [-0.39, 0.29) is 0 Å². The number of hydrogen-bond acceptors (Lipinski definition) is 2. The van der Waals surface area contributed by atoms with Gasteiger partial charge in [-0.2, -0.15) is 0 Å². The summed E-state index contributed by atoms with van der Waals surface area (Å²) in [6.07, 6.45) is 0. The average Bonchev–Trinajstić information content (AvgIpc) is 2.26. The molecule has 0 aliphatic carbocycles. The average molecular weight is 367 g/mol. The number of nitrogens with zero attached hydrogens (tertiary/aromatic N) is 2. The lowest BCUT2D eigenvalue weighted by molar-refractivity contribution is 0.235. The summed E-state index contributed by atoms with van der Waals surface area (Å²) in [6, 6.07) is 8.12. The Kier molecular flexibility index (Phi) is 6.77. The molecule has 0 fully saturated rings. The van der Waals surface area contributed by atoms with Crippen LogP contribution in [0.25, 0.3) is 0 Å². The lowest BCUT2D eigenvalue weighted by Gasteiger charge is -2.26. The molecule has 0 spiro atoms. The van der Waals surface area contributed by atoms with Gasteiger partial charge in [0.05, 0.1) is 4.05 Å². The number of halogens is 2. The SMILES string of the molecule is CC(I)N(CCN(C)C)Cc1ccc(Cl)cc1. The van der Waals surface area contributed by atoms with Crippen molar-refractivity contribution in [1.29, 1.82) is 0 Å². The molecule has 1 rings (SSSR count). The van der Waals surface area contributed by atoms with Crippen LogP contribution in [0.5, 0.6) is 0 Å². The second kappa shape index (κ2) is 7.56. The highest BCUT2D eigenvalue weighted by Gasteiger charge is 2.11. The maximum atomic E-state index is 5.89. The molecule has 0 heterocycles. The fourth-order valence-corrected chi connectivity index (χ4v) is 2.14. The Labute approximate surface area is 123 Å². The molecule has 0 saturated carbocycles. The minimum absolute atomic E-state index is 0.531. The summed E-state index contributed by atoms with van der Waals surface area (Å²) in [5, 5.41) is 0.802. The van der Waals surface area contributed by atoms with E-state index in [1.807, 2.05) is 12.1 Å². The third kappa shape index (κ3) is 6.04. The Morgan fingerprint density at radius 3 is 2.24 bits per heavy atom. The van der Waals surface area contributed by atoms with Gasteiger partial charge in [-0.05, 0) is 38.7 Å². The molecule has 1 atom stereocenters. The molecule has 17 heavy (non-hydrogen) atoms. The molecule has 2 nitrogen and oxygen atoms in total. The highest BCUT2D eigenvalue weighted by atomic mass is 127. The summed E-state index contributed by atoms with van der Waals surface area (Å²) in [5.41, 5.74) is 1.32. The standard InChI is InChI=1S/C13H20ClIN2/c1-11(15)17(9-8-16(2)3)10-12-4-6-13(14)7-5-12/h4-7,11H,8-10H2,1-3H3. The van der Waals surface area contributed by atoms with E-state index in [0.29, 0.717) is 4.05 Å². The minimum atomic E-state index is 0.531. The maximum absolute atomic E-state index is 5.89. The Bertz CT molecular complexity index is 325. The van der Waals surface area contributed by atoms with Gasteiger partial charge in [-0.25, -0.2) is 0 Å². The number of likely N-dealkylation sites (N-methyl/N-ethyl adjacent to an activating group) is 1. The van der Waals surface area contributed by atoms with Crippen molar-refractivity contribution in [2.45, 2.75) is 17.5 Å². The summed E-state index contributed by atoms with van der Waals surface area (Å²) in [6.45, 7) is 5.38. The largest absolute Gasteiger partial charge is 0.308 e. The van der Waals surface area contributed by atoms with Crippen LogP contribution in [0.2, 0.25) is 5.02 Å². The smallest absolute Gasteiger partial charge is 0.0593 e. The van der Waals surface area contributed by atoms with Gasteiger partial charge in [0.25, 0.3) is 0 Å². The zero-order valence-electron chi connectivity index (χ0n) is 10.7. The molecule has 1 unspecified atom stereocenters. The molecule has 0 aliphatic rings. The van der Waals surface area contributed by atoms with Gasteiger partial charge in [-0.15, -0.1) is 0 Å². The molecule has 0 aromatic heterocycles. The first kappa shape index (κ1) is 15.2. The molecule has 96 valence electrons. The summed E-state index contributed by atoms with van der Waals surface area (Å²) in [7, 11) is 4.22. The van der Waals surface area contributed by atoms with Crippen molar-refractivity contribution in [2.24, 2.45) is 0 Å². The van der Waals surface area contributed by atoms with Gasteiger partial charge in [-0.1, -0.05) is 46.3 Å². The highest BCUT2D eigenvalue weighted by molar-refractivity contribution is 14.1. The Hall–Kier alpha value is 0.160. The van der Waals surface area contributed by atoms with Crippen LogP contribution in [0.4, 0.5) is 0 Å². The predicted octanol–water partition coefficient (Wildman–Crippen LogP) is 3.48. The van der Waals surface area contributed by atoms with Crippen LogP contribution in [0, 0.1) is 0 Å². The first-order chi connectivity index (χ1) is 7.99. The zero-order valence-corrected chi connectivity index (χ0v) is 13.6. The van der Waals surface area contributed by atoms with Crippen molar-refractivity contribution in [1.82, 2.24) is 9.80 Å². The normalized spacial score (nSPS) is 13.4. The van der Waals surface area contributed by atoms with Gasteiger partial charge < -0.3 is 4.90 Å². The first-order valence-electron chi connectivity index (χ1n) is 5.76. The Morgan fingerprint density at radius 1 is 1.18 bits per heavy atom. The van der Waals surface area contributed by atoms with Gasteiger partial charge in [0.15, 0.2) is 0 Å². The van der Waals surface area contributed by atoms with E-state index in [1.54, 1.807) is 0 Å². The van der Waals surface area contributed by atoms with Crippen molar-refractivity contribution in [3.63, 3.8) is 0 Å². The molecule has 0 saturated heterocycles. The minimum Gasteiger partial charge on any atom is -0.308 e. The first-order valence-corrected chi connectivity index (χ1v) is 7.38. The summed E-state index contributed by atoms with van der Waals surface area (Å²) in [4.78, 5) is 4.68. The van der Waals surface area contributed by atoms with Gasteiger partial charge in [0.2, 0.25) is 0 Å². The Balaban J connectivity index is 2.57. The van der Waals surface area contributed by atoms with E-state index in [9.17, 15) is 0 Å². The molecular formula is C13H20ClIN2. The van der Waals surface area contributed by atoms with Crippen LogP contribution in [0.15, 0.2) is 24.3 Å². The molecule has 0 amide bonds. The lowest BCUT2D eigenvalue weighted by Crippen LogP contribution is -2.34. The number of rotatable bonds is 6. The topological polar surface area (TPSA) is 6.48 Å². The van der Waals surface area contributed by atoms with Crippen LogP contribution < -0.4 is 0 Å². The second-order valence-corrected chi connectivity index (χ2v) is 6.71. The summed E-state index contributed by atoms with van der Waals surface area (Å²) < 4.78 is 0.531. The molecular weight excluding hydrogens is 347 g/mol. The van der Waals surface area contributed by atoms with Crippen molar-refractivity contribution in [3.8, 4) is 0 Å². The van der Waals surface area contributed by atoms with Crippen molar-refractivity contribution in [3.05, 3.63) is 34.9 Å². The van der Waals surface area contributed by atoms with E-state index in [1.165, 1.54) is 5.56 Å². The van der Waals surface area contributed by atoms with Crippen LogP contribution in [-0.2, 0) is 6.54 Å². The molecule has 0 radical (unpaired) electrons. The fraction of sp³-hybridized carbons (Fsp3) is 0.538. The monoisotopic (exact) mass is 366 g/mol. The highest BCUT2D eigenvalue weighted by Crippen LogP contribution is 2.15. The molecule has 0 N–H and O–H groups in total. The van der Waals surface area contributed by atoms with Crippen LogP contribution in [-0.4, -0.2) is 41.0 Å². The number of hydrogen-bond donors (Lipinski definition) is 0. The van der Waals surface area contributed by atoms with E-state index in [2.05, 4.69) is 65.5 Å². The van der Waals surface area contributed by atoms with E-state index in [4.69, 9.17) is 11.6 Å². The number of alkyl halides is 1. The van der Waals surface area contributed by atoms with E-state index >= 15 is 0 Å². The van der Waals surface area contributed by atoms with E-state index in [0.717, 1.165) is 24.7 Å². The van der Waals surface area contributed by atoms with Gasteiger partial charge >= 0.3 is 0 Å². The zero-order chi connectivity index (χ0) is 12.8. The van der Waals surface area contributed by atoms with Crippen LogP contribution >= 0.6 is 34.2 Å². The van der Waals surface area contributed by atoms with Gasteiger partial charge in [0, 0.05) is 24.7 Å². The second-order valence-electron chi connectivity index (χ2n) is 4.47. The lowest BCUT2D eigenvalue weighted by atomic mass is 10.2. The van der Waals surface area contributed by atoms with Crippen LogP contribution in [0.1, 0.15) is 12.5 Å². The number of benzene rings is 1. The molecule has 4 heteroatoms. The quantitative estimate of drug-likeness (QED) is 0.432.